The smallest absolute Gasteiger partial charge is 0.341 e. The molecular formula is C12H14ClN3O4. The summed E-state index contributed by atoms with van der Waals surface area (Å²) in [5.74, 6) is -1.52. The van der Waals surface area contributed by atoms with Crippen LogP contribution in [-0.4, -0.2) is 31.1 Å². The Morgan fingerprint density at radius 1 is 1.35 bits per heavy atom. The van der Waals surface area contributed by atoms with Crippen LogP contribution in [0.25, 0.3) is 0 Å². The van der Waals surface area contributed by atoms with Crippen LogP contribution in [0, 0.1) is 0 Å². The number of hydrogen-bond donors (Lipinski definition) is 3. The lowest BCUT2D eigenvalue weighted by molar-refractivity contribution is -0.127. The van der Waals surface area contributed by atoms with Gasteiger partial charge >= 0.3 is 12.0 Å². The predicted molar refractivity (Wildman–Crippen MR) is 73.3 cm³/mol. The summed E-state index contributed by atoms with van der Waals surface area (Å²) in [6, 6.07) is 3.57. The largest absolute Gasteiger partial charge is 0.449 e. The molecule has 0 fully saturated rings. The Balaban J connectivity index is 2.70. The van der Waals surface area contributed by atoms with E-state index in [1.807, 2.05) is 5.32 Å². The fourth-order valence-electron chi connectivity index (χ4n) is 1.27. The van der Waals surface area contributed by atoms with Crippen LogP contribution in [0.4, 0.5) is 10.5 Å². The van der Waals surface area contributed by atoms with Gasteiger partial charge < -0.3 is 15.8 Å². The fraction of sp³-hybridized carbons (Fsp3) is 0.250. The van der Waals surface area contributed by atoms with Gasteiger partial charge in [-0.15, -0.1) is 0 Å². The summed E-state index contributed by atoms with van der Waals surface area (Å²) >= 11 is 5.71. The van der Waals surface area contributed by atoms with E-state index in [9.17, 15) is 14.4 Å². The molecule has 3 amide bonds. The van der Waals surface area contributed by atoms with Gasteiger partial charge in [0.15, 0.2) is 6.10 Å². The van der Waals surface area contributed by atoms with E-state index in [1.165, 1.54) is 32.2 Å². The third-order valence-electron chi connectivity index (χ3n) is 2.35. The van der Waals surface area contributed by atoms with Crippen LogP contribution in [0.1, 0.15) is 17.3 Å². The number of hydrogen-bond acceptors (Lipinski definition) is 5. The summed E-state index contributed by atoms with van der Waals surface area (Å²) in [7, 11) is 1.35. The van der Waals surface area contributed by atoms with Crippen LogP contribution < -0.4 is 16.4 Å². The zero-order valence-electron chi connectivity index (χ0n) is 10.9. The number of nitrogen functional groups attached to an aromatic ring is 1. The number of benzene rings is 1. The van der Waals surface area contributed by atoms with E-state index < -0.39 is 24.0 Å². The lowest BCUT2D eigenvalue weighted by atomic mass is 10.2. The fourth-order valence-corrected chi connectivity index (χ4v) is 1.45. The molecule has 0 saturated carbocycles. The van der Waals surface area contributed by atoms with E-state index in [0.717, 1.165) is 0 Å². The van der Waals surface area contributed by atoms with E-state index in [4.69, 9.17) is 22.1 Å². The van der Waals surface area contributed by atoms with Gasteiger partial charge in [0.05, 0.1) is 5.56 Å². The molecule has 4 N–H and O–H groups in total. The molecule has 1 rings (SSSR count). The number of nitrogens with one attached hydrogen (secondary N) is 2. The number of carbonyl (C=O) groups excluding carboxylic acids is 3. The van der Waals surface area contributed by atoms with Gasteiger partial charge in [0, 0.05) is 17.8 Å². The highest BCUT2D eigenvalue weighted by Gasteiger charge is 2.21. The third kappa shape index (κ3) is 4.13. The number of urea groups is 1. The number of ether oxygens (including phenoxy) is 1. The number of nitrogens with two attached hydrogens (primary N) is 1. The maximum atomic E-state index is 11.8. The molecule has 20 heavy (non-hydrogen) atoms. The van der Waals surface area contributed by atoms with Crippen molar-refractivity contribution >= 4 is 35.2 Å². The average Bonchev–Trinajstić information content (AvgIpc) is 2.37. The lowest BCUT2D eigenvalue weighted by Crippen LogP contribution is -2.43. The Morgan fingerprint density at radius 3 is 2.55 bits per heavy atom. The second-order valence-corrected chi connectivity index (χ2v) is 4.28. The van der Waals surface area contributed by atoms with Gasteiger partial charge in [-0.3, -0.25) is 10.1 Å². The number of anilines is 1. The van der Waals surface area contributed by atoms with Crippen molar-refractivity contribution in [1.82, 2.24) is 10.6 Å². The van der Waals surface area contributed by atoms with Crippen LogP contribution in [0.15, 0.2) is 18.2 Å². The minimum atomic E-state index is -1.14. The molecule has 0 aliphatic carbocycles. The van der Waals surface area contributed by atoms with Crippen LogP contribution in [-0.2, 0) is 9.53 Å². The van der Waals surface area contributed by atoms with Gasteiger partial charge in [0.25, 0.3) is 5.91 Å². The topological polar surface area (TPSA) is 111 Å². The molecule has 108 valence electrons. The van der Waals surface area contributed by atoms with Crippen molar-refractivity contribution in [3.05, 3.63) is 28.8 Å². The van der Waals surface area contributed by atoms with Crippen molar-refractivity contribution in [3.8, 4) is 0 Å². The Hall–Kier alpha value is -2.28. The standard InChI is InChI=1S/C12H14ClN3O4/c1-6(10(17)16-12(19)15-2)20-11(18)8-4-3-7(13)5-9(8)14/h3-6H,14H2,1-2H3,(H2,15,16,17,19)/t6-/m0/s1. The Bertz CT molecular complexity index is 548. The molecule has 0 saturated heterocycles. The van der Waals surface area contributed by atoms with Gasteiger partial charge in [0.2, 0.25) is 0 Å². The molecule has 0 spiro atoms. The van der Waals surface area contributed by atoms with E-state index >= 15 is 0 Å². The molecule has 1 aromatic rings. The second-order valence-electron chi connectivity index (χ2n) is 3.85. The molecule has 1 aromatic carbocycles. The van der Waals surface area contributed by atoms with Crippen molar-refractivity contribution in [2.24, 2.45) is 0 Å². The zero-order valence-corrected chi connectivity index (χ0v) is 11.7. The summed E-state index contributed by atoms with van der Waals surface area (Å²) in [5.41, 5.74) is 5.86. The number of amides is 3. The summed E-state index contributed by atoms with van der Waals surface area (Å²) in [6.45, 7) is 1.34. The van der Waals surface area contributed by atoms with Crippen LogP contribution in [0.5, 0.6) is 0 Å². The summed E-state index contributed by atoms with van der Waals surface area (Å²) in [6.07, 6.45) is -1.14. The molecule has 0 unspecified atom stereocenters. The second kappa shape index (κ2) is 6.76. The first-order chi connectivity index (χ1) is 9.35. The Labute approximate surface area is 120 Å². The number of carbonyl (C=O) groups is 3. The molecule has 7 nitrogen and oxygen atoms in total. The van der Waals surface area contributed by atoms with Gasteiger partial charge in [-0.05, 0) is 25.1 Å². The first-order valence-corrected chi connectivity index (χ1v) is 6.01. The SMILES string of the molecule is CNC(=O)NC(=O)[C@H](C)OC(=O)c1ccc(Cl)cc1N. The molecular weight excluding hydrogens is 286 g/mol. The zero-order chi connectivity index (χ0) is 15.3. The molecule has 0 bridgehead atoms. The lowest BCUT2D eigenvalue weighted by Gasteiger charge is -2.13. The molecule has 0 heterocycles. The molecule has 0 radical (unpaired) electrons. The van der Waals surface area contributed by atoms with E-state index in [2.05, 4.69) is 5.32 Å². The quantitative estimate of drug-likeness (QED) is 0.568. The van der Waals surface area contributed by atoms with Crippen molar-refractivity contribution in [3.63, 3.8) is 0 Å². The highest BCUT2D eigenvalue weighted by Crippen LogP contribution is 2.19. The minimum absolute atomic E-state index is 0.0917. The highest BCUT2D eigenvalue weighted by atomic mass is 35.5. The maximum absolute atomic E-state index is 11.8. The number of esters is 1. The summed E-state index contributed by atoms with van der Waals surface area (Å²) in [5, 5.41) is 4.58. The first kappa shape index (κ1) is 15.8. The number of halogens is 1. The monoisotopic (exact) mass is 299 g/mol. The van der Waals surface area contributed by atoms with E-state index in [0.29, 0.717) is 5.02 Å². The summed E-state index contributed by atoms with van der Waals surface area (Å²) in [4.78, 5) is 34.3. The normalized spacial score (nSPS) is 11.3. The van der Waals surface area contributed by atoms with Crippen LogP contribution in [0.3, 0.4) is 0 Å². The third-order valence-corrected chi connectivity index (χ3v) is 2.59. The van der Waals surface area contributed by atoms with Gasteiger partial charge in [-0.1, -0.05) is 11.6 Å². The van der Waals surface area contributed by atoms with Gasteiger partial charge in [-0.2, -0.15) is 0 Å². The molecule has 0 aliphatic rings. The molecule has 0 aliphatic heterocycles. The molecule has 1 atom stereocenters. The van der Waals surface area contributed by atoms with E-state index in [1.54, 1.807) is 0 Å². The Morgan fingerprint density at radius 2 is 2.00 bits per heavy atom. The van der Waals surface area contributed by atoms with Crippen molar-refractivity contribution in [2.45, 2.75) is 13.0 Å². The predicted octanol–water partition coefficient (Wildman–Crippen LogP) is 0.923. The van der Waals surface area contributed by atoms with Gasteiger partial charge in [0.1, 0.15) is 0 Å². The van der Waals surface area contributed by atoms with Gasteiger partial charge in [-0.25, -0.2) is 9.59 Å². The maximum Gasteiger partial charge on any atom is 0.341 e. The van der Waals surface area contributed by atoms with Crippen LogP contribution >= 0.6 is 11.6 Å². The average molecular weight is 300 g/mol. The van der Waals surface area contributed by atoms with Crippen molar-refractivity contribution in [2.75, 3.05) is 12.8 Å². The number of imide groups is 1. The molecule has 0 aromatic heterocycles. The highest BCUT2D eigenvalue weighted by molar-refractivity contribution is 6.31. The Kier molecular flexibility index (Phi) is 5.33. The van der Waals surface area contributed by atoms with E-state index in [-0.39, 0.29) is 11.3 Å². The minimum Gasteiger partial charge on any atom is -0.449 e. The first-order valence-electron chi connectivity index (χ1n) is 5.63. The van der Waals surface area contributed by atoms with Crippen molar-refractivity contribution < 1.29 is 19.1 Å². The molecule has 8 heteroatoms. The van der Waals surface area contributed by atoms with Crippen molar-refractivity contribution in [1.29, 1.82) is 0 Å². The van der Waals surface area contributed by atoms with Crippen LogP contribution in [0.2, 0.25) is 5.02 Å². The summed E-state index contributed by atoms with van der Waals surface area (Å²) < 4.78 is 4.91. The number of rotatable bonds is 3.